The molecule has 0 aliphatic rings. The van der Waals surface area contributed by atoms with Crippen LogP contribution in [0.1, 0.15) is 20.7 Å². The van der Waals surface area contributed by atoms with Crippen LogP contribution in [0.4, 0.5) is 13.2 Å². The summed E-state index contributed by atoms with van der Waals surface area (Å²) in [5, 5.41) is 17.0. The molecule has 0 saturated carbocycles. The third-order valence-corrected chi connectivity index (χ3v) is 2.39. The molecule has 86 valence electrons. The van der Waals surface area contributed by atoms with E-state index in [1.54, 1.807) is 0 Å². The van der Waals surface area contributed by atoms with Gasteiger partial charge in [-0.05, 0) is 15.9 Å². The molecule has 0 radical (unpaired) electrons. The molecule has 0 spiro atoms. The zero-order valence-corrected chi connectivity index (χ0v) is 8.81. The van der Waals surface area contributed by atoms with Crippen LogP contribution in [0.5, 0.6) is 0 Å². The highest BCUT2D eigenvalue weighted by Gasteiger charge is 2.31. The average Bonchev–Trinajstić information content (AvgIpc) is 2.18. The molecule has 0 aliphatic heterocycles. The maximum absolute atomic E-state index is 13.2. The summed E-state index contributed by atoms with van der Waals surface area (Å²) in [6.45, 7) is 0. The minimum atomic E-state index is -2.07. The van der Waals surface area contributed by atoms with Gasteiger partial charge >= 0.3 is 11.9 Å². The van der Waals surface area contributed by atoms with Gasteiger partial charge in [0, 0.05) is 0 Å². The number of hydrogen-bond donors (Lipinski definition) is 2. The fourth-order valence-electron chi connectivity index (χ4n) is 1.03. The van der Waals surface area contributed by atoms with Crippen LogP contribution in [-0.2, 0) is 0 Å². The second kappa shape index (κ2) is 4.12. The molecule has 4 nitrogen and oxygen atoms in total. The van der Waals surface area contributed by atoms with E-state index < -0.39 is 45.0 Å². The highest BCUT2D eigenvalue weighted by molar-refractivity contribution is 9.10. The van der Waals surface area contributed by atoms with Crippen molar-refractivity contribution in [3.63, 3.8) is 0 Å². The van der Waals surface area contributed by atoms with Crippen molar-refractivity contribution >= 4 is 27.9 Å². The van der Waals surface area contributed by atoms with Crippen LogP contribution in [0, 0.1) is 17.5 Å². The number of carbonyl (C=O) groups is 2. The van der Waals surface area contributed by atoms with Crippen molar-refractivity contribution < 1.29 is 33.0 Å². The second-order valence-electron chi connectivity index (χ2n) is 2.62. The van der Waals surface area contributed by atoms with E-state index in [2.05, 4.69) is 15.9 Å². The van der Waals surface area contributed by atoms with Crippen molar-refractivity contribution in [1.29, 1.82) is 0 Å². The maximum Gasteiger partial charge on any atom is 0.339 e. The van der Waals surface area contributed by atoms with Gasteiger partial charge in [-0.2, -0.15) is 0 Å². The Morgan fingerprint density at radius 1 is 0.875 bits per heavy atom. The Labute approximate surface area is 94.4 Å². The number of carboxylic acid groups (broad SMARTS) is 2. The van der Waals surface area contributed by atoms with E-state index in [1.807, 2.05) is 0 Å². The normalized spacial score (nSPS) is 10.2. The van der Waals surface area contributed by atoms with E-state index in [9.17, 15) is 22.8 Å². The lowest BCUT2D eigenvalue weighted by Gasteiger charge is -2.07. The molecular formula is C8H2BrF3O4. The lowest BCUT2D eigenvalue weighted by atomic mass is 10.1. The van der Waals surface area contributed by atoms with Crippen LogP contribution in [0.2, 0.25) is 0 Å². The van der Waals surface area contributed by atoms with Crippen molar-refractivity contribution in [2.45, 2.75) is 0 Å². The molecule has 0 bridgehead atoms. The molecule has 0 heterocycles. The summed E-state index contributed by atoms with van der Waals surface area (Å²) >= 11 is 2.29. The van der Waals surface area contributed by atoms with Gasteiger partial charge in [0.05, 0.1) is 4.47 Å². The van der Waals surface area contributed by atoms with Crippen molar-refractivity contribution in [1.82, 2.24) is 0 Å². The monoisotopic (exact) mass is 298 g/mol. The highest BCUT2D eigenvalue weighted by atomic mass is 79.9. The third kappa shape index (κ3) is 1.75. The molecule has 0 atom stereocenters. The average molecular weight is 299 g/mol. The number of rotatable bonds is 2. The Bertz CT molecular complexity index is 456. The first kappa shape index (κ1) is 12.5. The van der Waals surface area contributed by atoms with Gasteiger partial charge in [-0.3, -0.25) is 0 Å². The Morgan fingerprint density at radius 3 is 1.62 bits per heavy atom. The van der Waals surface area contributed by atoms with Gasteiger partial charge in [-0.15, -0.1) is 0 Å². The van der Waals surface area contributed by atoms with E-state index in [-0.39, 0.29) is 0 Å². The van der Waals surface area contributed by atoms with Gasteiger partial charge in [0.2, 0.25) is 0 Å². The second-order valence-corrected chi connectivity index (χ2v) is 3.41. The van der Waals surface area contributed by atoms with Crippen LogP contribution < -0.4 is 0 Å². The van der Waals surface area contributed by atoms with Crippen molar-refractivity contribution in [3.05, 3.63) is 33.1 Å². The Balaban J connectivity index is 3.83. The number of benzene rings is 1. The molecule has 0 saturated heterocycles. The first-order valence-electron chi connectivity index (χ1n) is 3.61. The summed E-state index contributed by atoms with van der Waals surface area (Å²) in [4.78, 5) is 21.1. The lowest BCUT2D eigenvalue weighted by Crippen LogP contribution is -2.15. The molecule has 16 heavy (non-hydrogen) atoms. The van der Waals surface area contributed by atoms with E-state index in [0.29, 0.717) is 0 Å². The molecule has 1 rings (SSSR count). The van der Waals surface area contributed by atoms with Gasteiger partial charge in [0.15, 0.2) is 17.5 Å². The Hall–Kier alpha value is -1.57. The van der Waals surface area contributed by atoms with Gasteiger partial charge in [-0.25, -0.2) is 22.8 Å². The molecule has 0 aliphatic carbocycles. The molecule has 0 amide bonds. The van der Waals surface area contributed by atoms with E-state index in [1.165, 1.54) is 0 Å². The van der Waals surface area contributed by atoms with Crippen molar-refractivity contribution in [2.75, 3.05) is 0 Å². The minimum absolute atomic E-state index is 1.06. The molecule has 0 unspecified atom stereocenters. The molecule has 1 aromatic rings. The summed E-state index contributed by atoms with van der Waals surface area (Å²) in [5.41, 5.74) is -2.98. The largest absolute Gasteiger partial charge is 0.478 e. The number of carboxylic acids is 2. The summed E-state index contributed by atoms with van der Waals surface area (Å²) in [5.74, 6) is -9.48. The zero-order chi connectivity index (χ0) is 12.6. The van der Waals surface area contributed by atoms with Crippen LogP contribution in [-0.4, -0.2) is 22.2 Å². The predicted molar refractivity (Wildman–Crippen MR) is 47.9 cm³/mol. The topological polar surface area (TPSA) is 74.6 Å². The molecule has 8 heteroatoms. The molecule has 2 N–H and O–H groups in total. The van der Waals surface area contributed by atoms with Gasteiger partial charge < -0.3 is 10.2 Å². The van der Waals surface area contributed by atoms with Gasteiger partial charge in [0.1, 0.15) is 11.1 Å². The fourth-order valence-corrected chi connectivity index (χ4v) is 1.41. The van der Waals surface area contributed by atoms with Gasteiger partial charge in [-0.1, -0.05) is 0 Å². The quantitative estimate of drug-likeness (QED) is 0.649. The standard InChI is InChI=1S/C8H2BrF3O4/c9-3-4(10)1(7(13)14)2(8(15)16)5(11)6(3)12/h(H,13,14)(H,15,16). The lowest BCUT2D eigenvalue weighted by molar-refractivity contribution is 0.0641. The predicted octanol–water partition coefficient (Wildman–Crippen LogP) is 2.26. The third-order valence-electron chi connectivity index (χ3n) is 1.69. The van der Waals surface area contributed by atoms with Crippen molar-refractivity contribution in [2.24, 2.45) is 0 Å². The van der Waals surface area contributed by atoms with Crippen LogP contribution >= 0.6 is 15.9 Å². The molecule has 0 fully saturated rings. The van der Waals surface area contributed by atoms with E-state index in [0.717, 1.165) is 0 Å². The summed E-state index contributed by atoms with van der Waals surface area (Å²) in [7, 11) is 0. The Kier molecular flexibility index (Phi) is 3.22. The first-order valence-corrected chi connectivity index (χ1v) is 4.40. The smallest absolute Gasteiger partial charge is 0.339 e. The van der Waals surface area contributed by atoms with E-state index in [4.69, 9.17) is 10.2 Å². The minimum Gasteiger partial charge on any atom is -0.478 e. The van der Waals surface area contributed by atoms with Crippen LogP contribution in [0.15, 0.2) is 4.47 Å². The highest BCUT2D eigenvalue weighted by Crippen LogP contribution is 2.29. The van der Waals surface area contributed by atoms with Crippen LogP contribution in [0.3, 0.4) is 0 Å². The van der Waals surface area contributed by atoms with Crippen LogP contribution in [0.25, 0.3) is 0 Å². The summed E-state index contributed by atoms with van der Waals surface area (Å²) in [6.07, 6.45) is 0. The van der Waals surface area contributed by atoms with E-state index >= 15 is 0 Å². The number of hydrogen-bond acceptors (Lipinski definition) is 2. The SMILES string of the molecule is O=C(O)c1c(F)c(F)c(Br)c(F)c1C(=O)O. The Morgan fingerprint density at radius 2 is 1.25 bits per heavy atom. The summed E-state index contributed by atoms with van der Waals surface area (Å²) < 4.78 is 38.2. The molecular weight excluding hydrogens is 297 g/mol. The van der Waals surface area contributed by atoms with Gasteiger partial charge in [0.25, 0.3) is 0 Å². The number of aromatic carboxylic acids is 2. The number of halogens is 4. The fraction of sp³-hybridized carbons (Fsp3) is 0. The molecule has 0 aromatic heterocycles. The maximum atomic E-state index is 13.2. The molecule has 1 aromatic carbocycles. The van der Waals surface area contributed by atoms with Crippen molar-refractivity contribution in [3.8, 4) is 0 Å². The zero-order valence-electron chi connectivity index (χ0n) is 7.22. The summed E-state index contributed by atoms with van der Waals surface area (Å²) in [6, 6.07) is 0. The first-order chi connectivity index (χ1) is 7.29.